The van der Waals surface area contributed by atoms with Crippen LogP contribution in [0.2, 0.25) is 0 Å². The molecule has 4 heteroatoms. The maximum atomic E-state index is 12.4. The summed E-state index contributed by atoms with van der Waals surface area (Å²) >= 11 is 0. The molecule has 1 saturated heterocycles. The van der Waals surface area contributed by atoms with E-state index in [2.05, 4.69) is 43.0 Å². The standard InChI is InChI=1S/C18H29N3O/c1-16-7-4-5-8-17(16)15-18(22)21-13-11-20(12-14-21)10-6-9-19(2)3/h4-5,7-8H,6,9-15H2,1-3H3. The van der Waals surface area contributed by atoms with E-state index in [9.17, 15) is 4.79 Å². The van der Waals surface area contributed by atoms with E-state index in [-0.39, 0.29) is 5.91 Å². The topological polar surface area (TPSA) is 26.8 Å². The molecule has 0 radical (unpaired) electrons. The summed E-state index contributed by atoms with van der Waals surface area (Å²) in [7, 11) is 4.23. The third-order valence-electron chi connectivity index (χ3n) is 4.41. The van der Waals surface area contributed by atoms with E-state index in [4.69, 9.17) is 0 Å². The first-order valence-corrected chi connectivity index (χ1v) is 8.25. The first kappa shape index (κ1) is 17.0. The Labute approximate surface area is 134 Å². The summed E-state index contributed by atoms with van der Waals surface area (Å²) in [5.41, 5.74) is 2.36. The number of piperazine rings is 1. The predicted octanol–water partition coefficient (Wildman–Crippen LogP) is 1.63. The van der Waals surface area contributed by atoms with E-state index in [1.807, 2.05) is 17.0 Å². The van der Waals surface area contributed by atoms with Gasteiger partial charge in [-0.1, -0.05) is 24.3 Å². The fraction of sp³-hybridized carbons (Fsp3) is 0.611. The maximum Gasteiger partial charge on any atom is 0.227 e. The molecular weight excluding hydrogens is 274 g/mol. The molecule has 0 unspecified atom stereocenters. The molecule has 0 atom stereocenters. The van der Waals surface area contributed by atoms with Gasteiger partial charge in [-0.15, -0.1) is 0 Å². The van der Waals surface area contributed by atoms with Crippen molar-refractivity contribution in [3.05, 3.63) is 35.4 Å². The highest BCUT2D eigenvalue weighted by Crippen LogP contribution is 2.11. The van der Waals surface area contributed by atoms with E-state index >= 15 is 0 Å². The molecule has 1 fully saturated rings. The molecule has 0 bridgehead atoms. The molecule has 1 aromatic carbocycles. The first-order valence-electron chi connectivity index (χ1n) is 8.25. The molecule has 22 heavy (non-hydrogen) atoms. The van der Waals surface area contributed by atoms with Gasteiger partial charge in [0.25, 0.3) is 0 Å². The minimum Gasteiger partial charge on any atom is -0.340 e. The van der Waals surface area contributed by atoms with Gasteiger partial charge in [-0.25, -0.2) is 0 Å². The van der Waals surface area contributed by atoms with Crippen LogP contribution in [0.1, 0.15) is 17.5 Å². The van der Waals surface area contributed by atoms with Gasteiger partial charge >= 0.3 is 0 Å². The molecular formula is C18H29N3O. The Morgan fingerprint density at radius 2 is 1.82 bits per heavy atom. The monoisotopic (exact) mass is 303 g/mol. The lowest BCUT2D eigenvalue weighted by atomic mass is 10.1. The van der Waals surface area contributed by atoms with Crippen LogP contribution in [-0.4, -0.2) is 74.0 Å². The second-order valence-electron chi connectivity index (χ2n) is 6.48. The SMILES string of the molecule is Cc1ccccc1CC(=O)N1CCN(CCCN(C)C)CC1. The number of carbonyl (C=O) groups excluding carboxylic acids is 1. The Morgan fingerprint density at radius 3 is 2.45 bits per heavy atom. The summed E-state index contributed by atoms with van der Waals surface area (Å²) in [5.74, 6) is 0.266. The highest BCUT2D eigenvalue weighted by molar-refractivity contribution is 5.79. The van der Waals surface area contributed by atoms with Crippen LogP contribution in [0.15, 0.2) is 24.3 Å². The van der Waals surface area contributed by atoms with Gasteiger partial charge in [-0.2, -0.15) is 0 Å². The van der Waals surface area contributed by atoms with Crippen LogP contribution in [0.5, 0.6) is 0 Å². The van der Waals surface area contributed by atoms with Crippen LogP contribution in [0.4, 0.5) is 0 Å². The quantitative estimate of drug-likeness (QED) is 0.799. The average Bonchev–Trinajstić information content (AvgIpc) is 2.50. The molecule has 0 aliphatic carbocycles. The minimum absolute atomic E-state index is 0.266. The smallest absolute Gasteiger partial charge is 0.227 e. The lowest BCUT2D eigenvalue weighted by molar-refractivity contribution is -0.132. The van der Waals surface area contributed by atoms with Crippen LogP contribution >= 0.6 is 0 Å². The Morgan fingerprint density at radius 1 is 1.14 bits per heavy atom. The lowest BCUT2D eigenvalue weighted by Gasteiger charge is -2.35. The maximum absolute atomic E-state index is 12.4. The van der Waals surface area contributed by atoms with Crippen LogP contribution in [0, 0.1) is 6.92 Å². The minimum atomic E-state index is 0.266. The molecule has 0 saturated carbocycles. The first-order chi connectivity index (χ1) is 10.6. The molecule has 0 N–H and O–H groups in total. The number of aryl methyl sites for hydroxylation is 1. The van der Waals surface area contributed by atoms with E-state index < -0.39 is 0 Å². The molecule has 0 aromatic heterocycles. The highest BCUT2D eigenvalue weighted by Gasteiger charge is 2.21. The van der Waals surface area contributed by atoms with Crippen LogP contribution in [0.3, 0.4) is 0 Å². The van der Waals surface area contributed by atoms with E-state index in [0.29, 0.717) is 6.42 Å². The zero-order valence-electron chi connectivity index (χ0n) is 14.2. The Balaban J connectivity index is 1.74. The Bertz CT molecular complexity index is 479. The van der Waals surface area contributed by atoms with Gasteiger partial charge in [-0.3, -0.25) is 9.69 Å². The molecule has 4 nitrogen and oxygen atoms in total. The van der Waals surface area contributed by atoms with Crippen molar-refractivity contribution in [2.75, 3.05) is 53.4 Å². The van der Waals surface area contributed by atoms with Gasteiger partial charge in [0.1, 0.15) is 0 Å². The summed E-state index contributed by atoms with van der Waals surface area (Å²) in [4.78, 5) is 19.2. The fourth-order valence-corrected chi connectivity index (χ4v) is 2.91. The van der Waals surface area contributed by atoms with Gasteiger partial charge in [0.2, 0.25) is 5.91 Å². The van der Waals surface area contributed by atoms with Crippen molar-refractivity contribution in [2.24, 2.45) is 0 Å². The zero-order valence-corrected chi connectivity index (χ0v) is 14.2. The molecule has 0 spiro atoms. The number of hydrogen-bond donors (Lipinski definition) is 0. The van der Waals surface area contributed by atoms with Gasteiger partial charge in [0, 0.05) is 26.2 Å². The van der Waals surface area contributed by atoms with Crippen LogP contribution in [0.25, 0.3) is 0 Å². The van der Waals surface area contributed by atoms with E-state index in [1.54, 1.807) is 0 Å². The third kappa shape index (κ3) is 5.11. The summed E-state index contributed by atoms with van der Waals surface area (Å²) < 4.78 is 0. The van der Waals surface area contributed by atoms with Crippen molar-refractivity contribution in [1.29, 1.82) is 0 Å². The van der Waals surface area contributed by atoms with Gasteiger partial charge in [-0.05, 0) is 51.7 Å². The van der Waals surface area contributed by atoms with Crippen LogP contribution < -0.4 is 0 Å². The van der Waals surface area contributed by atoms with Gasteiger partial charge < -0.3 is 9.80 Å². The molecule has 1 amide bonds. The summed E-state index contributed by atoms with van der Waals surface area (Å²) in [6, 6.07) is 8.17. The second-order valence-corrected chi connectivity index (χ2v) is 6.48. The van der Waals surface area contributed by atoms with Crippen molar-refractivity contribution in [3.8, 4) is 0 Å². The summed E-state index contributed by atoms with van der Waals surface area (Å²) in [5, 5.41) is 0. The normalized spacial score (nSPS) is 16.3. The summed E-state index contributed by atoms with van der Waals surface area (Å²) in [6.45, 7) is 8.09. The van der Waals surface area contributed by atoms with Crippen molar-refractivity contribution in [3.63, 3.8) is 0 Å². The van der Waals surface area contributed by atoms with Crippen molar-refractivity contribution >= 4 is 5.91 Å². The number of hydrogen-bond acceptors (Lipinski definition) is 3. The second kappa shape index (κ2) is 8.30. The zero-order chi connectivity index (χ0) is 15.9. The molecule has 122 valence electrons. The number of nitrogens with zero attached hydrogens (tertiary/aromatic N) is 3. The number of rotatable bonds is 6. The third-order valence-corrected chi connectivity index (χ3v) is 4.41. The molecule has 1 aliphatic heterocycles. The van der Waals surface area contributed by atoms with Gasteiger partial charge in [0.05, 0.1) is 6.42 Å². The lowest BCUT2D eigenvalue weighted by Crippen LogP contribution is -2.49. The van der Waals surface area contributed by atoms with Gasteiger partial charge in [0.15, 0.2) is 0 Å². The summed E-state index contributed by atoms with van der Waals surface area (Å²) in [6.07, 6.45) is 1.73. The Hall–Kier alpha value is -1.39. The highest BCUT2D eigenvalue weighted by atomic mass is 16.2. The molecule has 2 rings (SSSR count). The van der Waals surface area contributed by atoms with E-state index in [0.717, 1.165) is 44.8 Å². The largest absolute Gasteiger partial charge is 0.340 e. The average molecular weight is 303 g/mol. The van der Waals surface area contributed by atoms with Crippen molar-refractivity contribution in [1.82, 2.24) is 14.7 Å². The van der Waals surface area contributed by atoms with E-state index in [1.165, 1.54) is 12.0 Å². The Kier molecular flexibility index (Phi) is 6.40. The van der Waals surface area contributed by atoms with Crippen molar-refractivity contribution in [2.45, 2.75) is 19.8 Å². The number of carbonyl (C=O) groups is 1. The fourth-order valence-electron chi connectivity index (χ4n) is 2.91. The molecule has 1 heterocycles. The molecule has 1 aliphatic rings. The molecule has 1 aromatic rings. The van der Waals surface area contributed by atoms with Crippen LogP contribution in [-0.2, 0) is 11.2 Å². The number of benzene rings is 1. The van der Waals surface area contributed by atoms with Crippen molar-refractivity contribution < 1.29 is 4.79 Å². The predicted molar refractivity (Wildman–Crippen MR) is 91.1 cm³/mol. The number of amides is 1.